The molecule has 1 aromatic heterocycles. The SMILES string of the molecule is Cc1csc(C2CCCCN2Cc2cccc(N)c2)n1. The molecule has 3 rings (SSSR count). The second-order valence-corrected chi connectivity index (χ2v) is 6.44. The zero-order valence-corrected chi connectivity index (χ0v) is 12.7. The van der Waals surface area contributed by atoms with Gasteiger partial charge in [-0.3, -0.25) is 4.90 Å². The minimum Gasteiger partial charge on any atom is -0.399 e. The zero-order valence-electron chi connectivity index (χ0n) is 11.9. The van der Waals surface area contributed by atoms with Crippen molar-refractivity contribution in [2.24, 2.45) is 0 Å². The van der Waals surface area contributed by atoms with Gasteiger partial charge in [0.25, 0.3) is 0 Å². The van der Waals surface area contributed by atoms with E-state index in [0.29, 0.717) is 6.04 Å². The van der Waals surface area contributed by atoms with Gasteiger partial charge in [-0.15, -0.1) is 11.3 Å². The molecule has 1 unspecified atom stereocenters. The van der Waals surface area contributed by atoms with E-state index in [1.54, 1.807) is 11.3 Å². The minimum atomic E-state index is 0.476. The molecule has 1 saturated heterocycles. The first-order valence-corrected chi connectivity index (χ1v) is 8.11. The highest BCUT2D eigenvalue weighted by Crippen LogP contribution is 2.33. The second-order valence-electron chi connectivity index (χ2n) is 5.55. The third-order valence-electron chi connectivity index (χ3n) is 3.87. The molecule has 0 aliphatic carbocycles. The Morgan fingerprint density at radius 3 is 3.05 bits per heavy atom. The lowest BCUT2D eigenvalue weighted by molar-refractivity contribution is 0.140. The van der Waals surface area contributed by atoms with Gasteiger partial charge in [0, 0.05) is 23.3 Å². The Kier molecular flexibility index (Phi) is 4.03. The zero-order chi connectivity index (χ0) is 13.9. The van der Waals surface area contributed by atoms with Crippen LogP contribution in [0.4, 0.5) is 5.69 Å². The molecule has 0 radical (unpaired) electrons. The molecule has 1 atom stereocenters. The Labute approximate surface area is 124 Å². The van der Waals surface area contributed by atoms with E-state index in [-0.39, 0.29) is 0 Å². The predicted octanol–water partition coefficient (Wildman–Crippen LogP) is 3.76. The van der Waals surface area contributed by atoms with Crippen LogP contribution in [-0.4, -0.2) is 16.4 Å². The van der Waals surface area contributed by atoms with Crippen molar-refractivity contribution in [2.75, 3.05) is 12.3 Å². The van der Waals surface area contributed by atoms with Crippen molar-refractivity contribution in [3.05, 3.63) is 45.9 Å². The molecule has 4 heteroatoms. The molecule has 0 saturated carbocycles. The molecular formula is C16H21N3S. The van der Waals surface area contributed by atoms with E-state index in [0.717, 1.165) is 24.5 Å². The average molecular weight is 287 g/mol. The summed E-state index contributed by atoms with van der Waals surface area (Å²) >= 11 is 1.80. The van der Waals surface area contributed by atoms with Crippen molar-refractivity contribution in [3.63, 3.8) is 0 Å². The Hall–Kier alpha value is -1.39. The molecule has 1 fully saturated rings. The topological polar surface area (TPSA) is 42.1 Å². The molecule has 1 aliphatic rings. The highest BCUT2D eigenvalue weighted by molar-refractivity contribution is 7.09. The van der Waals surface area contributed by atoms with Crippen molar-refractivity contribution in [3.8, 4) is 0 Å². The highest BCUT2D eigenvalue weighted by Gasteiger charge is 2.26. The monoisotopic (exact) mass is 287 g/mol. The van der Waals surface area contributed by atoms with Crippen LogP contribution >= 0.6 is 11.3 Å². The summed E-state index contributed by atoms with van der Waals surface area (Å²) in [6, 6.07) is 8.70. The van der Waals surface area contributed by atoms with Crippen LogP contribution in [-0.2, 0) is 6.54 Å². The molecule has 0 amide bonds. The van der Waals surface area contributed by atoms with Crippen LogP contribution in [0.3, 0.4) is 0 Å². The van der Waals surface area contributed by atoms with E-state index in [1.165, 1.54) is 29.8 Å². The number of nitrogen functional groups attached to an aromatic ring is 1. The third-order valence-corrected chi connectivity index (χ3v) is 4.94. The van der Waals surface area contributed by atoms with E-state index in [1.807, 2.05) is 12.1 Å². The fourth-order valence-corrected chi connectivity index (χ4v) is 3.88. The number of hydrogen-bond acceptors (Lipinski definition) is 4. The van der Waals surface area contributed by atoms with Crippen LogP contribution < -0.4 is 5.73 Å². The Balaban J connectivity index is 1.79. The maximum Gasteiger partial charge on any atom is 0.110 e. The summed E-state index contributed by atoms with van der Waals surface area (Å²) in [7, 11) is 0. The number of likely N-dealkylation sites (tertiary alicyclic amines) is 1. The van der Waals surface area contributed by atoms with Crippen molar-refractivity contribution in [2.45, 2.75) is 38.8 Å². The van der Waals surface area contributed by atoms with Crippen LogP contribution in [0.5, 0.6) is 0 Å². The fraction of sp³-hybridized carbons (Fsp3) is 0.438. The van der Waals surface area contributed by atoms with Crippen molar-refractivity contribution in [1.82, 2.24) is 9.88 Å². The van der Waals surface area contributed by atoms with Gasteiger partial charge in [0.05, 0.1) is 6.04 Å². The third kappa shape index (κ3) is 3.02. The van der Waals surface area contributed by atoms with Gasteiger partial charge in [0.2, 0.25) is 0 Å². The Morgan fingerprint density at radius 1 is 1.40 bits per heavy atom. The smallest absolute Gasteiger partial charge is 0.110 e. The van der Waals surface area contributed by atoms with E-state index >= 15 is 0 Å². The summed E-state index contributed by atoms with van der Waals surface area (Å²) < 4.78 is 0. The molecule has 1 aromatic carbocycles. The number of piperidine rings is 1. The molecule has 0 bridgehead atoms. The predicted molar refractivity (Wildman–Crippen MR) is 84.7 cm³/mol. The summed E-state index contributed by atoms with van der Waals surface area (Å²) in [5, 5.41) is 3.42. The van der Waals surface area contributed by atoms with E-state index in [2.05, 4.69) is 29.3 Å². The average Bonchev–Trinajstić information content (AvgIpc) is 2.86. The van der Waals surface area contributed by atoms with E-state index in [9.17, 15) is 0 Å². The van der Waals surface area contributed by atoms with Gasteiger partial charge in [-0.2, -0.15) is 0 Å². The normalized spacial score (nSPS) is 20.1. The molecule has 20 heavy (non-hydrogen) atoms. The van der Waals surface area contributed by atoms with Crippen molar-refractivity contribution >= 4 is 17.0 Å². The van der Waals surface area contributed by atoms with E-state index < -0.39 is 0 Å². The van der Waals surface area contributed by atoms with Gasteiger partial charge in [0.15, 0.2) is 0 Å². The standard InChI is InChI=1S/C16H21N3S/c1-12-11-20-16(18-12)15-7-2-3-8-19(15)10-13-5-4-6-14(17)9-13/h4-6,9,11,15H,2-3,7-8,10,17H2,1H3. The minimum absolute atomic E-state index is 0.476. The Morgan fingerprint density at radius 2 is 2.30 bits per heavy atom. The number of nitrogens with zero attached hydrogens (tertiary/aromatic N) is 2. The first-order chi connectivity index (χ1) is 9.72. The van der Waals surface area contributed by atoms with Crippen LogP contribution in [0.15, 0.2) is 29.6 Å². The number of anilines is 1. The molecule has 2 aromatic rings. The summed E-state index contributed by atoms with van der Waals surface area (Å²) in [6.45, 7) is 4.19. The van der Waals surface area contributed by atoms with Crippen LogP contribution in [0.25, 0.3) is 0 Å². The van der Waals surface area contributed by atoms with E-state index in [4.69, 9.17) is 10.7 Å². The van der Waals surface area contributed by atoms with Crippen molar-refractivity contribution in [1.29, 1.82) is 0 Å². The summed E-state index contributed by atoms with van der Waals surface area (Å²) in [4.78, 5) is 7.25. The number of nitrogens with two attached hydrogens (primary N) is 1. The van der Waals surface area contributed by atoms with Crippen molar-refractivity contribution < 1.29 is 0 Å². The highest BCUT2D eigenvalue weighted by atomic mass is 32.1. The van der Waals surface area contributed by atoms with Gasteiger partial charge < -0.3 is 5.73 Å². The van der Waals surface area contributed by atoms with Crippen LogP contribution in [0.2, 0.25) is 0 Å². The van der Waals surface area contributed by atoms with Crippen LogP contribution in [0.1, 0.15) is 41.6 Å². The van der Waals surface area contributed by atoms with Gasteiger partial charge in [0.1, 0.15) is 5.01 Å². The molecule has 1 aliphatic heterocycles. The number of aromatic nitrogens is 1. The molecule has 0 spiro atoms. The quantitative estimate of drug-likeness (QED) is 0.874. The van der Waals surface area contributed by atoms with Gasteiger partial charge in [-0.25, -0.2) is 4.98 Å². The lowest BCUT2D eigenvalue weighted by atomic mass is 10.0. The fourth-order valence-electron chi connectivity index (χ4n) is 2.91. The van der Waals surface area contributed by atoms with Gasteiger partial charge in [-0.1, -0.05) is 18.6 Å². The lowest BCUT2D eigenvalue weighted by Gasteiger charge is -2.34. The molecule has 2 heterocycles. The Bertz CT molecular complexity index is 579. The number of hydrogen-bond donors (Lipinski definition) is 1. The molecule has 2 N–H and O–H groups in total. The largest absolute Gasteiger partial charge is 0.399 e. The second kappa shape index (κ2) is 5.94. The van der Waals surface area contributed by atoms with Gasteiger partial charge in [-0.05, 0) is 44.0 Å². The number of aryl methyl sites for hydroxylation is 1. The summed E-state index contributed by atoms with van der Waals surface area (Å²) in [6.07, 6.45) is 3.80. The maximum atomic E-state index is 5.88. The van der Waals surface area contributed by atoms with Gasteiger partial charge >= 0.3 is 0 Å². The molecule has 106 valence electrons. The summed E-state index contributed by atoms with van der Waals surface area (Å²) in [5.41, 5.74) is 9.17. The maximum absolute atomic E-state index is 5.88. The van der Waals surface area contributed by atoms with Crippen LogP contribution in [0, 0.1) is 6.92 Å². The molecule has 3 nitrogen and oxygen atoms in total. The lowest BCUT2D eigenvalue weighted by Crippen LogP contribution is -2.32. The first kappa shape index (κ1) is 13.6. The number of benzene rings is 1. The summed E-state index contributed by atoms with van der Waals surface area (Å²) in [5.74, 6) is 0. The number of rotatable bonds is 3. The molecular weight excluding hydrogens is 266 g/mol. The number of thiazole rings is 1. The first-order valence-electron chi connectivity index (χ1n) is 7.23.